The summed E-state index contributed by atoms with van der Waals surface area (Å²) in [6.07, 6.45) is 1.14. The fraction of sp³-hybridized carbons (Fsp3) is 1.00. The summed E-state index contributed by atoms with van der Waals surface area (Å²) in [5, 5.41) is 6.42. The Morgan fingerprint density at radius 2 is 1.77 bits per heavy atom. The molecule has 0 saturated heterocycles. The van der Waals surface area contributed by atoms with Crippen molar-refractivity contribution in [3.63, 3.8) is 0 Å². The molecule has 0 bridgehead atoms. The van der Waals surface area contributed by atoms with E-state index in [9.17, 15) is 0 Å². The van der Waals surface area contributed by atoms with Crippen LogP contribution in [0.1, 0.15) is 6.42 Å². The van der Waals surface area contributed by atoms with Gasteiger partial charge in [0.15, 0.2) is 0 Å². The van der Waals surface area contributed by atoms with E-state index >= 15 is 0 Å². The maximum Gasteiger partial charge on any atom is 0.320 e. The van der Waals surface area contributed by atoms with Gasteiger partial charge in [-0.05, 0) is 26.1 Å². The van der Waals surface area contributed by atoms with Crippen molar-refractivity contribution < 1.29 is 8.85 Å². The van der Waals surface area contributed by atoms with Crippen LogP contribution in [0.25, 0.3) is 0 Å². The minimum atomic E-state index is -1.31. The van der Waals surface area contributed by atoms with E-state index in [4.69, 9.17) is 8.85 Å². The van der Waals surface area contributed by atoms with E-state index in [1.165, 1.54) is 0 Å². The summed E-state index contributed by atoms with van der Waals surface area (Å²) in [4.78, 5) is 0. The Morgan fingerprint density at radius 3 is 2.31 bits per heavy atom. The monoisotopic (exact) mass is 206 g/mol. The Labute approximate surface area is 82.8 Å². The summed E-state index contributed by atoms with van der Waals surface area (Å²) >= 11 is 0. The second-order valence-corrected chi connectivity index (χ2v) is 5.28. The van der Waals surface area contributed by atoms with Crippen LogP contribution in [0.3, 0.4) is 0 Å². The minimum Gasteiger partial charge on any atom is -0.400 e. The van der Waals surface area contributed by atoms with Crippen LogP contribution >= 0.6 is 0 Å². The molecule has 0 saturated carbocycles. The van der Waals surface area contributed by atoms with Crippen LogP contribution in [0, 0.1) is 0 Å². The zero-order valence-corrected chi connectivity index (χ0v) is 10.1. The third-order valence-electron chi connectivity index (χ3n) is 1.87. The molecule has 0 aliphatic carbocycles. The van der Waals surface area contributed by atoms with Crippen LogP contribution in [-0.4, -0.2) is 50.2 Å². The Bertz CT molecular complexity index is 102. The smallest absolute Gasteiger partial charge is 0.320 e. The van der Waals surface area contributed by atoms with E-state index in [1.54, 1.807) is 14.2 Å². The van der Waals surface area contributed by atoms with Crippen molar-refractivity contribution in [1.82, 2.24) is 10.6 Å². The van der Waals surface area contributed by atoms with Crippen LogP contribution in [0.2, 0.25) is 6.04 Å². The Morgan fingerprint density at radius 1 is 1.08 bits per heavy atom. The first-order valence-corrected chi connectivity index (χ1v) is 6.52. The van der Waals surface area contributed by atoms with Crippen LogP contribution < -0.4 is 10.6 Å². The number of likely N-dealkylation sites (N-methyl/N-ethyl adjacent to an activating group) is 1. The number of rotatable bonds is 9. The molecule has 2 N–H and O–H groups in total. The van der Waals surface area contributed by atoms with Crippen molar-refractivity contribution in [3.8, 4) is 0 Å². The largest absolute Gasteiger partial charge is 0.400 e. The summed E-state index contributed by atoms with van der Waals surface area (Å²) in [6.45, 7) is 3.11. The van der Waals surface area contributed by atoms with Crippen LogP contribution in [0.5, 0.6) is 0 Å². The summed E-state index contributed by atoms with van der Waals surface area (Å²) in [7, 11) is 4.11. The lowest BCUT2D eigenvalue weighted by Gasteiger charge is -2.10. The maximum atomic E-state index is 5.20. The average molecular weight is 206 g/mol. The molecule has 0 amide bonds. The van der Waals surface area contributed by atoms with Crippen molar-refractivity contribution in [1.29, 1.82) is 0 Å². The molecule has 0 radical (unpaired) electrons. The van der Waals surface area contributed by atoms with Gasteiger partial charge in [0.2, 0.25) is 0 Å². The fourth-order valence-corrected chi connectivity index (χ4v) is 2.27. The molecule has 0 aliphatic heterocycles. The highest BCUT2D eigenvalue weighted by atomic mass is 28.3. The van der Waals surface area contributed by atoms with E-state index in [-0.39, 0.29) is 0 Å². The van der Waals surface area contributed by atoms with Crippen molar-refractivity contribution in [2.75, 3.05) is 40.9 Å². The number of hydrogen-bond donors (Lipinski definition) is 2. The van der Waals surface area contributed by atoms with Crippen molar-refractivity contribution in [2.24, 2.45) is 0 Å². The third kappa shape index (κ3) is 8.39. The highest BCUT2D eigenvalue weighted by molar-refractivity contribution is 6.44. The highest BCUT2D eigenvalue weighted by Crippen LogP contribution is 1.97. The van der Waals surface area contributed by atoms with Gasteiger partial charge in [-0.1, -0.05) is 0 Å². The lowest BCUT2D eigenvalue weighted by Crippen LogP contribution is -2.27. The predicted octanol–water partition coefficient (Wildman–Crippen LogP) is -0.301. The molecule has 0 aromatic heterocycles. The predicted molar refractivity (Wildman–Crippen MR) is 57.4 cm³/mol. The van der Waals surface area contributed by atoms with Gasteiger partial charge in [-0.15, -0.1) is 0 Å². The van der Waals surface area contributed by atoms with Crippen LogP contribution in [0.15, 0.2) is 0 Å². The molecular formula is C8H22N2O2Si. The zero-order valence-electron chi connectivity index (χ0n) is 8.93. The minimum absolute atomic E-state index is 1.02. The molecule has 0 fully saturated rings. The van der Waals surface area contributed by atoms with Crippen molar-refractivity contribution in [3.05, 3.63) is 0 Å². The zero-order chi connectivity index (χ0) is 9.94. The Balaban J connectivity index is 3.05. The van der Waals surface area contributed by atoms with E-state index in [0.717, 1.165) is 32.1 Å². The topological polar surface area (TPSA) is 42.5 Å². The van der Waals surface area contributed by atoms with E-state index < -0.39 is 9.28 Å². The molecule has 0 heterocycles. The second-order valence-electron chi connectivity index (χ2n) is 2.90. The lowest BCUT2D eigenvalue weighted by molar-refractivity contribution is 0.276. The molecule has 5 heteroatoms. The van der Waals surface area contributed by atoms with E-state index in [2.05, 4.69) is 10.6 Å². The van der Waals surface area contributed by atoms with Gasteiger partial charge in [0, 0.05) is 27.3 Å². The Kier molecular flexibility index (Phi) is 10.2. The number of hydrogen-bond acceptors (Lipinski definition) is 4. The normalized spacial score (nSPS) is 11.1. The summed E-state index contributed by atoms with van der Waals surface area (Å²) in [5.74, 6) is 0. The van der Waals surface area contributed by atoms with Crippen LogP contribution in [-0.2, 0) is 8.85 Å². The average Bonchev–Trinajstić information content (AvgIpc) is 2.17. The molecule has 0 aliphatic rings. The van der Waals surface area contributed by atoms with Gasteiger partial charge in [-0.25, -0.2) is 0 Å². The molecule has 0 aromatic carbocycles. The second kappa shape index (κ2) is 10.1. The summed E-state index contributed by atoms with van der Waals surface area (Å²) < 4.78 is 10.4. The van der Waals surface area contributed by atoms with Gasteiger partial charge in [0.25, 0.3) is 0 Å². The number of nitrogens with one attached hydrogen (secondary N) is 2. The quantitative estimate of drug-likeness (QED) is 0.401. The first-order chi connectivity index (χ1) is 6.35. The van der Waals surface area contributed by atoms with Crippen molar-refractivity contribution in [2.45, 2.75) is 12.5 Å². The van der Waals surface area contributed by atoms with Gasteiger partial charge in [-0.2, -0.15) is 0 Å². The SMILES string of the molecule is CNCCNCCC[SiH](OC)OC. The molecule has 0 atom stereocenters. The lowest BCUT2D eigenvalue weighted by atomic mass is 10.4. The van der Waals surface area contributed by atoms with Crippen molar-refractivity contribution >= 4 is 9.28 Å². The van der Waals surface area contributed by atoms with Gasteiger partial charge in [0.1, 0.15) is 0 Å². The fourth-order valence-electron chi connectivity index (χ4n) is 1.06. The van der Waals surface area contributed by atoms with Gasteiger partial charge in [0.05, 0.1) is 0 Å². The standard InChI is InChI=1S/C8H22N2O2Si/c1-9-6-7-10-5-4-8-13(11-2)12-3/h9-10,13H,4-8H2,1-3H3. The highest BCUT2D eigenvalue weighted by Gasteiger charge is 2.07. The van der Waals surface area contributed by atoms with Gasteiger partial charge < -0.3 is 19.5 Å². The maximum absolute atomic E-state index is 5.20. The summed E-state index contributed by atoms with van der Waals surface area (Å²) in [6, 6.07) is 1.08. The Hall–Kier alpha value is 0.0569. The molecule has 0 aromatic rings. The molecule has 0 rings (SSSR count). The molecule has 13 heavy (non-hydrogen) atoms. The van der Waals surface area contributed by atoms with Gasteiger partial charge in [-0.3, -0.25) is 0 Å². The molecular weight excluding hydrogens is 184 g/mol. The van der Waals surface area contributed by atoms with E-state index in [0.29, 0.717) is 0 Å². The first kappa shape index (κ1) is 13.1. The van der Waals surface area contributed by atoms with Crippen LogP contribution in [0.4, 0.5) is 0 Å². The molecule has 0 unspecified atom stereocenters. The third-order valence-corrected chi connectivity index (χ3v) is 3.80. The van der Waals surface area contributed by atoms with Gasteiger partial charge >= 0.3 is 9.28 Å². The molecule has 4 nitrogen and oxygen atoms in total. The van der Waals surface area contributed by atoms with E-state index in [1.807, 2.05) is 7.05 Å². The first-order valence-electron chi connectivity index (χ1n) is 4.76. The molecule has 0 spiro atoms. The molecule has 80 valence electrons. The summed E-state index contributed by atoms with van der Waals surface area (Å²) in [5.41, 5.74) is 0.